The van der Waals surface area contributed by atoms with Gasteiger partial charge in [-0.15, -0.1) is 0 Å². The summed E-state index contributed by atoms with van der Waals surface area (Å²) in [6.07, 6.45) is 4.65. The first kappa shape index (κ1) is 12.6. The van der Waals surface area contributed by atoms with Crippen LogP contribution in [0.25, 0.3) is 22.0 Å². The topological polar surface area (TPSA) is 38.1 Å². The van der Waals surface area contributed by atoms with E-state index in [0.29, 0.717) is 0 Å². The van der Waals surface area contributed by atoms with Gasteiger partial charge in [0.25, 0.3) is 0 Å². The maximum Gasteiger partial charge on any atom is 0.0682 e. The average molecular weight is 278 g/mol. The first-order valence-electron chi connectivity index (χ1n) is 7.49. The van der Waals surface area contributed by atoms with Crippen molar-refractivity contribution >= 4 is 10.9 Å². The lowest BCUT2D eigenvalue weighted by Gasteiger charge is -2.05. The van der Waals surface area contributed by atoms with Crippen molar-refractivity contribution < 1.29 is 5.11 Å². The molecule has 0 spiro atoms. The van der Waals surface area contributed by atoms with E-state index in [0.717, 1.165) is 18.0 Å². The third-order valence-corrected chi connectivity index (χ3v) is 4.24. The van der Waals surface area contributed by atoms with Crippen LogP contribution in [0.4, 0.5) is 0 Å². The molecule has 4 rings (SSSR count). The smallest absolute Gasteiger partial charge is 0.0682 e. The minimum Gasteiger partial charge on any atom is -0.392 e. The molecule has 3 heteroatoms. The van der Waals surface area contributed by atoms with Crippen LogP contribution < -0.4 is 0 Å². The number of hydrogen-bond donors (Lipinski definition) is 1. The normalized spacial score (nSPS) is 14.7. The van der Waals surface area contributed by atoms with Gasteiger partial charge in [-0.25, -0.2) is 0 Å². The van der Waals surface area contributed by atoms with Gasteiger partial charge in [-0.2, -0.15) is 5.10 Å². The van der Waals surface area contributed by atoms with Gasteiger partial charge in [-0.05, 0) is 47.6 Å². The first-order chi connectivity index (χ1) is 10.3. The Labute approximate surface area is 123 Å². The zero-order valence-electron chi connectivity index (χ0n) is 11.9. The minimum absolute atomic E-state index is 0.0905. The molecule has 1 aliphatic rings. The van der Waals surface area contributed by atoms with Gasteiger partial charge in [-0.3, -0.25) is 4.68 Å². The highest BCUT2D eigenvalue weighted by Crippen LogP contribution is 2.32. The van der Waals surface area contributed by atoms with E-state index >= 15 is 0 Å². The van der Waals surface area contributed by atoms with E-state index in [1.54, 1.807) is 0 Å². The van der Waals surface area contributed by atoms with Crippen LogP contribution in [0, 0.1) is 5.92 Å². The molecular weight excluding hydrogens is 260 g/mol. The Bertz CT molecular complexity index is 770. The van der Waals surface area contributed by atoms with Crippen molar-refractivity contribution in [2.75, 3.05) is 0 Å². The van der Waals surface area contributed by atoms with Crippen LogP contribution in [-0.4, -0.2) is 14.9 Å². The summed E-state index contributed by atoms with van der Waals surface area (Å²) in [5, 5.41) is 14.8. The lowest BCUT2D eigenvalue weighted by molar-refractivity contribution is 0.282. The summed E-state index contributed by atoms with van der Waals surface area (Å²) < 4.78 is 2.13. The lowest BCUT2D eigenvalue weighted by Crippen LogP contribution is -2.00. The van der Waals surface area contributed by atoms with Crippen LogP contribution in [0.3, 0.4) is 0 Å². The number of nitrogens with zero attached hydrogens (tertiary/aromatic N) is 2. The Kier molecular flexibility index (Phi) is 3.00. The van der Waals surface area contributed by atoms with Gasteiger partial charge in [0.15, 0.2) is 0 Å². The molecule has 1 N–H and O–H groups in total. The molecule has 3 aromatic rings. The molecule has 0 aliphatic heterocycles. The standard InChI is InChI=1S/C18H18N2O/c21-12-14-3-5-15(6-4-14)16-7-8-18-17(9-16)10-19-20(18)11-13-1-2-13/h3-10,13,21H,1-2,11-12H2. The Hall–Kier alpha value is -2.13. The molecule has 1 aliphatic carbocycles. The van der Waals surface area contributed by atoms with E-state index in [-0.39, 0.29) is 6.61 Å². The van der Waals surface area contributed by atoms with Crippen molar-refractivity contribution in [2.24, 2.45) is 5.92 Å². The Balaban J connectivity index is 1.69. The van der Waals surface area contributed by atoms with Crippen molar-refractivity contribution in [1.29, 1.82) is 0 Å². The third-order valence-electron chi connectivity index (χ3n) is 4.24. The highest BCUT2D eigenvalue weighted by Gasteiger charge is 2.22. The van der Waals surface area contributed by atoms with Crippen LogP contribution in [0.5, 0.6) is 0 Å². The van der Waals surface area contributed by atoms with Crippen LogP contribution >= 0.6 is 0 Å². The van der Waals surface area contributed by atoms with Crippen molar-refractivity contribution in [3.63, 3.8) is 0 Å². The van der Waals surface area contributed by atoms with E-state index in [9.17, 15) is 0 Å². The molecule has 21 heavy (non-hydrogen) atoms. The number of benzene rings is 2. The van der Waals surface area contributed by atoms with Crippen molar-refractivity contribution in [3.05, 3.63) is 54.2 Å². The quantitative estimate of drug-likeness (QED) is 0.791. The second-order valence-corrected chi connectivity index (χ2v) is 5.90. The maximum atomic E-state index is 9.11. The molecule has 0 radical (unpaired) electrons. The molecule has 2 aromatic carbocycles. The predicted molar refractivity (Wildman–Crippen MR) is 83.8 cm³/mol. The van der Waals surface area contributed by atoms with Crippen LogP contribution in [0.1, 0.15) is 18.4 Å². The first-order valence-corrected chi connectivity index (χ1v) is 7.49. The van der Waals surface area contributed by atoms with E-state index in [1.165, 1.54) is 34.9 Å². The second kappa shape index (κ2) is 5.01. The Morgan fingerprint density at radius 2 is 1.81 bits per heavy atom. The number of hydrogen-bond acceptors (Lipinski definition) is 2. The second-order valence-electron chi connectivity index (χ2n) is 5.90. The summed E-state index contributed by atoms with van der Waals surface area (Å²) in [6.45, 7) is 1.14. The number of fused-ring (bicyclic) bond motifs is 1. The van der Waals surface area contributed by atoms with Gasteiger partial charge < -0.3 is 5.11 Å². The van der Waals surface area contributed by atoms with Crippen LogP contribution in [0.15, 0.2) is 48.7 Å². The van der Waals surface area contributed by atoms with Crippen LogP contribution in [-0.2, 0) is 13.2 Å². The summed E-state index contributed by atoms with van der Waals surface area (Å²) in [6, 6.07) is 14.6. The number of aromatic nitrogens is 2. The Morgan fingerprint density at radius 1 is 1.05 bits per heavy atom. The molecule has 0 saturated heterocycles. The molecular formula is C18H18N2O. The molecule has 1 heterocycles. The van der Waals surface area contributed by atoms with Crippen molar-refractivity contribution in [2.45, 2.75) is 26.0 Å². The summed E-state index contributed by atoms with van der Waals surface area (Å²) in [7, 11) is 0. The van der Waals surface area contributed by atoms with E-state index in [2.05, 4.69) is 40.1 Å². The van der Waals surface area contributed by atoms with Gasteiger partial charge in [-0.1, -0.05) is 30.3 Å². The molecule has 0 amide bonds. The third kappa shape index (κ3) is 2.45. The lowest BCUT2D eigenvalue weighted by atomic mass is 10.0. The average Bonchev–Trinajstić information content (AvgIpc) is 3.27. The summed E-state index contributed by atoms with van der Waals surface area (Å²) in [4.78, 5) is 0. The van der Waals surface area contributed by atoms with Gasteiger partial charge in [0.2, 0.25) is 0 Å². The molecule has 1 aromatic heterocycles. The Morgan fingerprint density at radius 3 is 2.52 bits per heavy atom. The largest absolute Gasteiger partial charge is 0.392 e. The fourth-order valence-corrected chi connectivity index (χ4v) is 2.76. The van der Waals surface area contributed by atoms with E-state index in [4.69, 9.17) is 5.11 Å². The fraction of sp³-hybridized carbons (Fsp3) is 0.278. The van der Waals surface area contributed by atoms with Gasteiger partial charge in [0, 0.05) is 11.9 Å². The fourth-order valence-electron chi connectivity index (χ4n) is 2.76. The predicted octanol–water partition coefficient (Wildman–Crippen LogP) is 3.61. The zero-order valence-corrected chi connectivity index (χ0v) is 11.9. The summed E-state index contributed by atoms with van der Waals surface area (Å²) in [5.41, 5.74) is 4.52. The summed E-state index contributed by atoms with van der Waals surface area (Å²) in [5.74, 6) is 0.832. The molecule has 0 atom stereocenters. The molecule has 1 fully saturated rings. The zero-order chi connectivity index (χ0) is 14.2. The van der Waals surface area contributed by atoms with E-state index in [1.807, 2.05) is 18.3 Å². The van der Waals surface area contributed by atoms with E-state index < -0.39 is 0 Å². The number of rotatable bonds is 4. The van der Waals surface area contributed by atoms with Gasteiger partial charge in [0.1, 0.15) is 0 Å². The molecule has 3 nitrogen and oxygen atoms in total. The number of aliphatic hydroxyl groups is 1. The highest BCUT2D eigenvalue weighted by molar-refractivity contribution is 5.84. The SMILES string of the molecule is OCc1ccc(-c2ccc3c(cnn3CC3CC3)c2)cc1. The maximum absolute atomic E-state index is 9.11. The molecule has 106 valence electrons. The van der Waals surface area contributed by atoms with Crippen molar-refractivity contribution in [3.8, 4) is 11.1 Å². The van der Waals surface area contributed by atoms with Crippen LogP contribution in [0.2, 0.25) is 0 Å². The highest BCUT2D eigenvalue weighted by atomic mass is 16.3. The number of aliphatic hydroxyl groups excluding tert-OH is 1. The minimum atomic E-state index is 0.0905. The molecule has 0 unspecified atom stereocenters. The van der Waals surface area contributed by atoms with Gasteiger partial charge in [0.05, 0.1) is 18.3 Å². The summed E-state index contributed by atoms with van der Waals surface area (Å²) >= 11 is 0. The van der Waals surface area contributed by atoms with Gasteiger partial charge >= 0.3 is 0 Å². The molecule has 0 bridgehead atoms. The van der Waals surface area contributed by atoms with Crippen molar-refractivity contribution in [1.82, 2.24) is 9.78 Å². The monoisotopic (exact) mass is 278 g/mol. The molecule has 1 saturated carbocycles.